The van der Waals surface area contributed by atoms with E-state index in [1.807, 2.05) is 0 Å². The maximum absolute atomic E-state index is 11.2. The average Bonchev–Trinajstić information content (AvgIpc) is 2.29. The van der Waals surface area contributed by atoms with E-state index in [-0.39, 0.29) is 19.0 Å². The smallest absolute Gasteiger partial charge is 0.236 e. The number of amides is 2. The molecule has 5 heteroatoms. The number of carbonyl (C=O) groups is 2. The van der Waals surface area contributed by atoms with Gasteiger partial charge in [0.25, 0.3) is 0 Å². The maximum Gasteiger partial charge on any atom is 0.236 e. The van der Waals surface area contributed by atoms with Crippen LogP contribution in [0.2, 0.25) is 0 Å². The molecule has 0 aliphatic carbocycles. The second-order valence-electron chi connectivity index (χ2n) is 4.37. The first kappa shape index (κ1) is 15.9. The van der Waals surface area contributed by atoms with Gasteiger partial charge in [0.05, 0.1) is 13.1 Å². The van der Waals surface area contributed by atoms with E-state index in [1.54, 1.807) is 0 Å². The van der Waals surface area contributed by atoms with Gasteiger partial charge in [-0.3, -0.25) is 9.59 Å². The summed E-state index contributed by atoms with van der Waals surface area (Å²) in [6, 6.07) is 0.325. The van der Waals surface area contributed by atoms with E-state index in [2.05, 4.69) is 24.5 Å². The van der Waals surface area contributed by atoms with E-state index in [4.69, 9.17) is 5.73 Å². The second kappa shape index (κ2) is 10.1. The van der Waals surface area contributed by atoms with E-state index in [1.165, 1.54) is 25.7 Å². The molecule has 0 saturated heterocycles. The van der Waals surface area contributed by atoms with E-state index in [0.29, 0.717) is 6.04 Å². The molecule has 0 bridgehead atoms. The van der Waals surface area contributed by atoms with Gasteiger partial charge >= 0.3 is 0 Å². The van der Waals surface area contributed by atoms with Gasteiger partial charge in [-0.05, 0) is 13.3 Å². The summed E-state index contributed by atoms with van der Waals surface area (Å²) in [7, 11) is 0. The van der Waals surface area contributed by atoms with Gasteiger partial charge in [0.15, 0.2) is 0 Å². The number of nitrogens with two attached hydrogens (primary N) is 1. The Balaban J connectivity index is 3.45. The summed E-state index contributed by atoms with van der Waals surface area (Å²) in [5, 5.41) is 5.56. The van der Waals surface area contributed by atoms with Gasteiger partial charge in [-0.15, -0.1) is 0 Å². The second-order valence-corrected chi connectivity index (χ2v) is 4.37. The quantitative estimate of drug-likeness (QED) is 0.489. The van der Waals surface area contributed by atoms with Crippen molar-refractivity contribution in [2.45, 2.75) is 52.0 Å². The van der Waals surface area contributed by atoms with Crippen molar-refractivity contribution in [2.24, 2.45) is 5.73 Å². The zero-order valence-corrected chi connectivity index (χ0v) is 10.9. The van der Waals surface area contributed by atoms with Crippen LogP contribution in [0.25, 0.3) is 0 Å². The Bertz CT molecular complexity index is 232. The van der Waals surface area contributed by atoms with Gasteiger partial charge < -0.3 is 16.4 Å². The number of hydrogen-bond acceptors (Lipinski definition) is 3. The van der Waals surface area contributed by atoms with Gasteiger partial charge in [0.1, 0.15) is 0 Å². The first-order valence-corrected chi connectivity index (χ1v) is 6.34. The molecular formula is C12H25N3O2. The van der Waals surface area contributed by atoms with Crippen LogP contribution in [-0.2, 0) is 9.59 Å². The van der Waals surface area contributed by atoms with E-state index in [9.17, 15) is 9.59 Å². The molecule has 0 aliphatic heterocycles. The Morgan fingerprint density at radius 1 is 1.18 bits per heavy atom. The van der Waals surface area contributed by atoms with Gasteiger partial charge in [0.2, 0.25) is 11.8 Å². The summed E-state index contributed by atoms with van der Waals surface area (Å²) in [4.78, 5) is 21.7. The molecule has 0 heterocycles. The van der Waals surface area contributed by atoms with Crippen LogP contribution in [0, 0.1) is 0 Å². The Morgan fingerprint density at radius 2 is 1.88 bits per heavy atom. The van der Waals surface area contributed by atoms with Crippen LogP contribution in [0.4, 0.5) is 0 Å². The van der Waals surface area contributed by atoms with Crippen LogP contribution in [0.1, 0.15) is 46.0 Å². The summed E-state index contributed by atoms with van der Waals surface area (Å²) >= 11 is 0. The number of primary amides is 1. The SMILES string of the molecule is CCCCCCC(C)NCC(=O)NCC(N)=O. The predicted octanol–water partition coefficient (Wildman–Crippen LogP) is 0.536. The topological polar surface area (TPSA) is 84.2 Å². The predicted molar refractivity (Wildman–Crippen MR) is 68.4 cm³/mol. The largest absolute Gasteiger partial charge is 0.368 e. The van der Waals surface area contributed by atoms with Crippen LogP contribution in [-0.4, -0.2) is 30.9 Å². The molecule has 0 aliphatic rings. The third-order valence-corrected chi connectivity index (χ3v) is 2.56. The first-order chi connectivity index (χ1) is 8.06. The van der Waals surface area contributed by atoms with Crippen LogP contribution >= 0.6 is 0 Å². The van der Waals surface area contributed by atoms with Gasteiger partial charge in [-0.25, -0.2) is 0 Å². The summed E-state index contributed by atoms with van der Waals surface area (Å²) in [5.74, 6) is -0.713. The van der Waals surface area contributed by atoms with Crippen molar-refractivity contribution in [1.82, 2.24) is 10.6 Å². The standard InChI is InChI=1S/C12H25N3O2/c1-3-4-5-6-7-10(2)14-9-12(17)15-8-11(13)16/h10,14H,3-9H2,1-2H3,(H2,13,16)(H,15,17). The molecular weight excluding hydrogens is 218 g/mol. The van der Waals surface area contributed by atoms with Crippen LogP contribution in [0.3, 0.4) is 0 Å². The minimum absolute atomic E-state index is 0.0919. The third-order valence-electron chi connectivity index (χ3n) is 2.56. The fraction of sp³-hybridized carbons (Fsp3) is 0.833. The fourth-order valence-corrected chi connectivity index (χ4v) is 1.49. The Hall–Kier alpha value is -1.10. The lowest BCUT2D eigenvalue weighted by Crippen LogP contribution is -2.41. The van der Waals surface area contributed by atoms with E-state index in [0.717, 1.165) is 6.42 Å². The van der Waals surface area contributed by atoms with Gasteiger partial charge in [-0.1, -0.05) is 32.6 Å². The molecule has 100 valence electrons. The number of rotatable bonds is 10. The molecule has 0 saturated carbocycles. The monoisotopic (exact) mass is 243 g/mol. The highest BCUT2D eigenvalue weighted by molar-refractivity contribution is 5.84. The van der Waals surface area contributed by atoms with Gasteiger partial charge in [0, 0.05) is 6.04 Å². The van der Waals surface area contributed by atoms with Crippen molar-refractivity contribution < 1.29 is 9.59 Å². The normalized spacial score (nSPS) is 12.1. The van der Waals surface area contributed by atoms with Crippen LogP contribution in [0.5, 0.6) is 0 Å². The number of unbranched alkanes of at least 4 members (excludes halogenated alkanes) is 3. The Morgan fingerprint density at radius 3 is 2.47 bits per heavy atom. The van der Waals surface area contributed by atoms with E-state index < -0.39 is 5.91 Å². The number of carbonyl (C=O) groups excluding carboxylic acids is 2. The summed E-state index contributed by atoms with van der Waals surface area (Å²) in [5.41, 5.74) is 4.92. The molecule has 0 aromatic carbocycles. The van der Waals surface area contributed by atoms with Crippen molar-refractivity contribution >= 4 is 11.8 Å². The molecule has 4 N–H and O–H groups in total. The molecule has 2 amide bonds. The molecule has 0 fully saturated rings. The minimum Gasteiger partial charge on any atom is -0.368 e. The summed E-state index contributed by atoms with van der Waals surface area (Å²) in [6.07, 6.45) is 6.01. The molecule has 0 aromatic heterocycles. The van der Waals surface area contributed by atoms with Crippen LogP contribution in [0.15, 0.2) is 0 Å². The first-order valence-electron chi connectivity index (χ1n) is 6.34. The minimum atomic E-state index is -0.522. The highest BCUT2D eigenvalue weighted by Gasteiger charge is 2.05. The summed E-state index contributed by atoms with van der Waals surface area (Å²) < 4.78 is 0. The lowest BCUT2D eigenvalue weighted by atomic mass is 10.1. The zero-order chi connectivity index (χ0) is 13.1. The van der Waals surface area contributed by atoms with Crippen molar-refractivity contribution in [2.75, 3.05) is 13.1 Å². The molecule has 0 rings (SSSR count). The molecule has 1 atom stereocenters. The fourth-order valence-electron chi connectivity index (χ4n) is 1.49. The van der Waals surface area contributed by atoms with Crippen molar-refractivity contribution in [3.63, 3.8) is 0 Å². The lowest BCUT2D eigenvalue weighted by molar-refractivity contribution is -0.124. The molecule has 0 aromatic rings. The highest BCUT2D eigenvalue weighted by Crippen LogP contribution is 2.04. The molecule has 17 heavy (non-hydrogen) atoms. The van der Waals surface area contributed by atoms with E-state index >= 15 is 0 Å². The van der Waals surface area contributed by atoms with Gasteiger partial charge in [-0.2, -0.15) is 0 Å². The van der Waals surface area contributed by atoms with Crippen LogP contribution < -0.4 is 16.4 Å². The molecule has 0 spiro atoms. The number of nitrogens with one attached hydrogen (secondary N) is 2. The van der Waals surface area contributed by atoms with Crippen molar-refractivity contribution in [3.05, 3.63) is 0 Å². The molecule has 5 nitrogen and oxygen atoms in total. The molecule has 0 radical (unpaired) electrons. The lowest BCUT2D eigenvalue weighted by Gasteiger charge is -2.13. The zero-order valence-electron chi connectivity index (χ0n) is 10.9. The molecule has 1 unspecified atom stereocenters. The average molecular weight is 243 g/mol. The van der Waals surface area contributed by atoms with Crippen molar-refractivity contribution in [1.29, 1.82) is 0 Å². The third kappa shape index (κ3) is 11.2. The Labute approximate surface area is 104 Å². The van der Waals surface area contributed by atoms with Crippen molar-refractivity contribution in [3.8, 4) is 0 Å². The Kier molecular flexibility index (Phi) is 9.43. The summed E-state index contributed by atoms with van der Waals surface area (Å²) in [6.45, 7) is 4.39. The number of hydrogen-bond donors (Lipinski definition) is 3. The maximum atomic E-state index is 11.2. The highest BCUT2D eigenvalue weighted by atomic mass is 16.2.